The maximum Gasteiger partial charge on any atom is 0.271 e. The summed E-state index contributed by atoms with van der Waals surface area (Å²) >= 11 is 1.32. The zero-order valence-corrected chi connectivity index (χ0v) is 15.2. The predicted molar refractivity (Wildman–Crippen MR) is 94.6 cm³/mol. The van der Waals surface area contributed by atoms with Gasteiger partial charge in [-0.25, -0.2) is 13.8 Å². The SMILES string of the molecule is CC1CCC(N(C#N)c2cc(F)cc(F)c2)C1(C)NC(=O)c1cscn1. The molecule has 26 heavy (non-hydrogen) atoms. The van der Waals surface area contributed by atoms with Gasteiger partial charge in [0, 0.05) is 11.4 Å². The summed E-state index contributed by atoms with van der Waals surface area (Å²) in [7, 11) is 0. The minimum atomic E-state index is -0.751. The Morgan fingerprint density at radius 3 is 2.65 bits per heavy atom. The summed E-state index contributed by atoms with van der Waals surface area (Å²) in [4.78, 5) is 17.8. The molecule has 5 nitrogen and oxygen atoms in total. The van der Waals surface area contributed by atoms with Crippen molar-refractivity contribution in [1.29, 1.82) is 5.26 Å². The van der Waals surface area contributed by atoms with Gasteiger partial charge in [-0.2, -0.15) is 5.26 Å². The van der Waals surface area contributed by atoms with E-state index in [4.69, 9.17) is 0 Å². The molecule has 3 atom stereocenters. The Bertz CT molecular complexity index is 831. The molecular weight excluding hydrogens is 358 g/mol. The third-order valence-electron chi connectivity index (χ3n) is 5.18. The van der Waals surface area contributed by atoms with Crippen LogP contribution in [0.3, 0.4) is 0 Å². The molecule has 2 aromatic rings. The number of hydrogen-bond donors (Lipinski definition) is 1. The van der Waals surface area contributed by atoms with Crippen LogP contribution in [-0.4, -0.2) is 22.5 Å². The molecule has 1 aromatic heterocycles. The van der Waals surface area contributed by atoms with Crippen LogP contribution in [0.5, 0.6) is 0 Å². The Balaban J connectivity index is 1.93. The van der Waals surface area contributed by atoms with Crippen LogP contribution >= 0.6 is 11.3 Å². The van der Waals surface area contributed by atoms with Gasteiger partial charge in [-0.3, -0.25) is 9.69 Å². The van der Waals surface area contributed by atoms with E-state index in [1.165, 1.54) is 16.2 Å². The van der Waals surface area contributed by atoms with Crippen LogP contribution in [0.25, 0.3) is 0 Å². The van der Waals surface area contributed by atoms with Gasteiger partial charge in [0.15, 0.2) is 6.19 Å². The lowest BCUT2D eigenvalue weighted by molar-refractivity contribution is 0.0873. The minimum absolute atomic E-state index is 0.0735. The van der Waals surface area contributed by atoms with Crippen LogP contribution in [0.1, 0.15) is 37.2 Å². The molecule has 136 valence electrons. The van der Waals surface area contributed by atoms with Crippen LogP contribution in [0.15, 0.2) is 29.1 Å². The molecule has 0 radical (unpaired) electrons. The zero-order chi connectivity index (χ0) is 18.9. The zero-order valence-electron chi connectivity index (χ0n) is 14.4. The first-order chi connectivity index (χ1) is 12.3. The van der Waals surface area contributed by atoms with Crippen molar-refractivity contribution in [3.8, 4) is 6.19 Å². The number of thiazole rings is 1. The molecule has 1 saturated carbocycles. The molecule has 1 fully saturated rings. The van der Waals surface area contributed by atoms with Crippen LogP contribution in [0.2, 0.25) is 0 Å². The number of carbonyl (C=O) groups is 1. The summed E-state index contributed by atoms with van der Waals surface area (Å²) in [5.41, 5.74) is 1.27. The van der Waals surface area contributed by atoms with E-state index in [1.54, 1.807) is 10.9 Å². The van der Waals surface area contributed by atoms with E-state index < -0.39 is 23.2 Å². The van der Waals surface area contributed by atoms with Crippen molar-refractivity contribution < 1.29 is 13.6 Å². The smallest absolute Gasteiger partial charge is 0.271 e. The van der Waals surface area contributed by atoms with Gasteiger partial charge in [0.25, 0.3) is 5.91 Å². The molecule has 0 saturated heterocycles. The highest BCUT2D eigenvalue weighted by atomic mass is 32.1. The molecular formula is C18H18F2N4OS. The number of rotatable bonds is 4. The van der Waals surface area contributed by atoms with Gasteiger partial charge in [-0.1, -0.05) is 6.92 Å². The summed E-state index contributed by atoms with van der Waals surface area (Å²) in [5.74, 6) is -1.75. The van der Waals surface area contributed by atoms with E-state index in [0.29, 0.717) is 12.1 Å². The quantitative estimate of drug-likeness (QED) is 0.653. The Morgan fingerprint density at radius 1 is 1.38 bits per heavy atom. The summed E-state index contributed by atoms with van der Waals surface area (Å²) < 4.78 is 27.2. The summed E-state index contributed by atoms with van der Waals surface area (Å²) in [6.07, 6.45) is 3.42. The van der Waals surface area contributed by atoms with Gasteiger partial charge < -0.3 is 5.32 Å². The number of benzene rings is 1. The van der Waals surface area contributed by atoms with Crippen LogP contribution < -0.4 is 10.2 Å². The number of nitrogens with one attached hydrogen (secondary N) is 1. The molecule has 0 spiro atoms. The van der Waals surface area contributed by atoms with Crippen LogP contribution in [-0.2, 0) is 0 Å². The number of nitriles is 1. The van der Waals surface area contributed by atoms with E-state index in [0.717, 1.165) is 24.6 Å². The average molecular weight is 376 g/mol. The maximum atomic E-state index is 13.6. The monoisotopic (exact) mass is 376 g/mol. The lowest BCUT2D eigenvalue weighted by atomic mass is 9.86. The number of hydrogen-bond acceptors (Lipinski definition) is 5. The minimum Gasteiger partial charge on any atom is -0.343 e. The number of aromatic nitrogens is 1. The van der Waals surface area contributed by atoms with Gasteiger partial charge >= 0.3 is 0 Å². The highest BCUT2D eigenvalue weighted by Gasteiger charge is 2.49. The molecule has 8 heteroatoms. The number of anilines is 1. The van der Waals surface area contributed by atoms with Gasteiger partial charge in [-0.05, 0) is 37.8 Å². The van der Waals surface area contributed by atoms with Gasteiger partial charge in [0.2, 0.25) is 0 Å². The Kier molecular flexibility index (Phi) is 4.92. The standard InChI is InChI=1S/C18H18F2N4OS/c1-11-3-4-16(18(11,2)23-17(25)15-8-26-10-22-15)24(9-21)14-6-12(19)5-13(20)7-14/h5-8,10-11,16H,3-4H2,1-2H3,(H,23,25). The van der Waals surface area contributed by atoms with Crippen molar-refractivity contribution in [2.45, 2.75) is 38.3 Å². The molecule has 1 amide bonds. The fourth-order valence-electron chi connectivity index (χ4n) is 3.56. The molecule has 3 unspecified atom stereocenters. The summed E-state index contributed by atoms with van der Waals surface area (Å²) in [5, 5.41) is 14.3. The lowest BCUT2D eigenvalue weighted by Gasteiger charge is -2.40. The van der Waals surface area contributed by atoms with E-state index in [2.05, 4.69) is 10.3 Å². The van der Waals surface area contributed by atoms with E-state index in [9.17, 15) is 18.8 Å². The molecule has 0 aliphatic heterocycles. The Hall–Kier alpha value is -2.53. The van der Waals surface area contributed by atoms with Crippen molar-refractivity contribution in [3.63, 3.8) is 0 Å². The maximum absolute atomic E-state index is 13.6. The molecule has 1 N–H and O–H groups in total. The largest absolute Gasteiger partial charge is 0.343 e. The third kappa shape index (κ3) is 3.27. The lowest BCUT2D eigenvalue weighted by Crippen LogP contribution is -2.59. The Morgan fingerprint density at radius 2 is 2.08 bits per heavy atom. The molecule has 1 aromatic carbocycles. The molecule has 1 aliphatic rings. The van der Waals surface area contributed by atoms with Crippen molar-refractivity contribution in [2.75, 3.05) is 4.90 Å². The second-order valence-corrected chi connectivity index (χ2v) is 7.42. The van der Waals surface area contributed by atoms with Gasteiger partial charge in [-0.15, -0.1) is 11.3 Å². The Labute approximate surface area is 154 Å². The van der Waals surface area contributed by atoms with Crippen molar-refractivity contribution in [1.82, 2.24) is 10.3 Å². The van der Waals surface area contributed by atoms with E-state index >= 15 is 0 Å². The number of carbonyl (C=O) groups excluding carboxylic acids is 1. The normalized spacial score (nSPS) is 24.9. The van der Waals surface area contributed by atoms with E-state index in [1.807, 2.05) is 20.0 Å². The molecule has 1 heterocycles. The van der Waals surface area contributed by atoms with Crippen molar-refractivity contribution in [3.05, 3.63) is 46.4 Å². The molecule has 1 aliphatic carbocycles. The average Bonchev–Trinajstić information content (AvgIpc) is 3.19. The number of nitrogens with zero attached hydrogens (tertiary/aromatic N) is 3. The topological polar surface area (TPSA) is 69.0 Å². The first-order valence-corrected chi connectivity index (χ1v) is 9.15. The molecule has 0 bridgehead atoms. The van der Waals surface area contributed by atoms with Gasteiger partial charge in [0.05, 0.1) is 22.8 Å². The fourth-order valence-corrected chi connectivity index (χ4v) is 4.09. The second kappa shape index (κ2) is 7.00. The van der Waals surface area contributed by atoms with Gasteiger partial charge in [0.1, 0.15) is 17.3 Å². The highest BCUT2D eigenvalue weighted by Crippen LogP contribution is 2.40. The number of halogens is 2. The highest BCUT2D eigenvalue weighted by molar-refractivity contribution is 7.07. The van der Waals surface area contributed by atoms with Crippen LogP contribution in [0.4, 0.5) is 14.5 Å². The third-order valence-corrected chi connectivity index (χ3v) is 5.77. The first-order valence-electron chi connectivity index (χ1n) is 8.21. The number of amides is 1. The molecule has 3 rings (SSSR count). The first kappa shape index (κ1) is 18.3. The second-order valence-electron chi connectivity index (χ2n) is 6.70. The van der Waals surface area contributed by atoms with Crippen molar-refractivity contribution >= 4 is 22.9 Å². The fraction of sp³-hybridized carbons (Fsp3) is 0.389. The van der Waals surface area contributed by atoms with Crippen LogP contribution in [0, 0.1) is 29.0 Å². The summed E-state index contributed by atoms with van der Waals surface area (Å²) in [6.45, 7) is 3.85. The summed E-state index contributed by atoms with van der Waals surface area (Å²) in [6, 6.07) is 2.58. The predicted octanol–water partition coefficient (Wildman–Crippen LogP) is 3.70. The van der Waals surface area contributed by atoms with Crippen molar-refractivity contribution in [2.24, 2.45) is 5.92 Å². The van der Waals surface area contributed by atoms with E-state index in [-0.39, 0.29) is 17.5 Å².